The van der Waals surface area contributed by atoms with Crippen LogP contribution < -0.4 is 0 Å². The van der Waals surface area contributed by atoms with Crippen LogP contribution in [0, 0.1) is 0 Å². The molecule has 3 nitrogen and oxygen atoms in total. The van der Waals surface area contributed by atoms with Crippen molar-refractivity contribution in [2.75, 3.05) is 32.8 Å². The summed E-state index contributed by atoms with van der Waals surface area (Å²) in [6.07, 6.45) is 6.27. The first-order valence-electron chi connectivity index (χ1n) is 6.94. The van der Waals surface area contributed by atoms with E-state index in [1.807, 2.05) is 0 Å². The average molecular weight is 226 g/mol. The number of fused-ring (bicyclic) bond motifs is 2. The Hall–Kier alpha value is -0.120. The molecule has 2 aliphatic rings. The number of likely N-dealkylation sites (N-methyl/N-ethyl adjacent to an activating group) is 1. The smallest absolute Gasteiger partial charge is 0.0431 e. The summed E-state index contributed by atoms with van der Waals surface area (Å²) >= 11 is 0. The SMILES string of the molecule is CCN1CCC2CCC(C1)N2CCCCO. The maximum Gasteiger partial charge on any atom is 0.0431 e. The molecule has 2 unspecified atom stereocenters. The van der Waals surface area contributed by atoms with Crippen LogP contribution in [0.1, 0.15) is 39.0 Å². The van der Waals surface area contributed by atoms with Gasteiger partial charge in [0.2, 0.25) is 0 Å². The monoisotopic (exact) mass is 226 g/mol. The summed E-state index contributed by atoms with van der Waals surface area (Å²) in [4.78, 5) is 5.33. The predicted octanol–water partition coefficient (Wildman–Crippen LogP) is 1.32. The molecule has 0 saturated carbocycles. The van der Waals surface area contributed by atoms with Gasteiger partial charge in [-0.25, -0.2) is 0 Å². The van der Waals surface area contributed by atoms with Gasteiger partial charge < -0.3 is 10.0 Å². The van der Waals surface area contributed by atoms with Gasteiger partial charge in [-0.05, 0) is 51.7 Å². The van der Waals surface area contributed by atoms with Crippen molar-refractivity contribution in [1.29, 1.82) is 0 Å². The molecule has 2 rings (SSSR count). The molecule has 0 aromatic rings. The van der Waals surface area contributed by atoms with Crippen molar-refractivity contribution in [2.24, 2.45) is 0 Å². The van der Waals surface area contributed by atoms with E-state index in [0.717, 1.165) is 24.9 Å². The molecule has 0 spiro atoms. The molecule has 0 aromatic heterocycles. The van der Waals surface area contributed by atoms with Gasteiger partial charge in [0.1, 0.15) is 0 Å². The first-order chi connectivity index (χ1) is 7.85. The molecule has 2 aliphatic heterocycles. The van der Waals surface area contributed by atoms with Crippen molar-refractivity contribution >= 4 is 0 Å². The molecule has 2 saturated heterocycles. The van der Waals surface area contributed by atoms with Crippen molar-refractivity contribution < 1.29 is 5.11 Å². The number of aliphatic hydroxyl groups excluding tert-OH is 1. The Labute approximate surface area is 99.4 Å². The number of likely N-dealkylation sites (tertiary alicyclic amines) is 1. The highest BCUT2D eigenvalue weighted by Gasteiger charge is 2.35. The van der Waals surface area contributed by atoms with Gasteiger partial charge in [0.15, 0.2) is 0 Å². The van der Waals surface area contributed by atoms with Crippen molar-refractivity contribution in [1.82, 2.24) is 9.80 Å². The van der Waals surface area contributed by atoms with Crippen LogP contribution in [0.2, 0.25) is 0 Å². The maximum atomic E-state index is 8.85. The van der Waals surface area contributed by atoms with E-state index in [1.54, 1.807) is 0 Å². The lowest BCUT2D eigenvalue weighted by Gasteiger charge is -2.28. The third-order valence-corrected chi connectivity index (χ3v) is 4.29. The van der Waals surface area contributed by atoms with Gasteiger partial charge in [-0.2, -0.15) is 0 Å². The van der Waals surface area contributed by atoms with Crippen LogP contribution in [0.5, 0.6) is 0 Å². The van der Waals surface area contributed by atoms with Crippen molar-refractivity contribution in [3.05, 3.63) is 0 Å². The second-order valence-electron chi connectivity index (χ2n) is 5.24. The Morgan fingerprint density at radius 3 is 2.69 bits per heavy atom. The number of hydrogen-bond acceptors (Lipinski definition) is 3. The zero-order valence-electron chi connectivity index (χ0n) is 10.6. The molecule has 2 fully saturated rings. The first kappa shape index (κ1) is 12.3. The van der Waals surface area contributed by atoms with Gasteiger partial charge in [-0.3, -0.25) is 4.90 Å². The highest BCUT2D eigenvalue weighted by atomic mass is 16.2. The summed E-state index contributed by atoms with van der Waals surface area (Å²) in [6, 6.07) is 1.63. The van der Waals surface area contributed by atoms with E-state index >= 15 is 0 Å². The molecule has 0 amide bonds. The molecule has 0 aliphatic carbocycles. The van der Waals surface area contributed by atoms with Crippen LogP contribution in [0.4, 0.5) is 0 Å². The summed E-state index contributed by atoms with van der Waals surface area (Å²) in [5.41, 5.74) is 0. The van der Waals surface area contributed by atoms with Crippen LogP contribution in [-0.2, 0) is 0 Å². The standard InChI is InChI=1S/C13H26N2O/c1-2-14-9-7-12-5-6-13(11-14)15(12)8-3-4-10-16/h12-13,16H,2-11H2,1H3. The van der Waals surface area contributed by atoms with Crippen molar-refractivity contribution in [3.63, 3.8) is 0 Å². The van der Waals surface area contributed by atoms with Gasteiger partial charge in [0.25, 0.3) is 0 Å². The Bertz CT molecular complexity index is 210. The summed E-state index contributed by atoms with van der Waals surface area (Å²) in [6.45, 7) is 7.58. The van der Waals surface area contributed by atoms with Gasteiger partial charge in [0, 0.05) is 25.2 Å². The summed E-state index contributed by atoms with van der Waals surface area (Å²) in [7, 11) is 0. The van der Waals surface area contributed by atoms with Gasteiger partial charge in [-0.1, -0.05) is 6.92 Å². The molecule has 2 bridgehead atoms. The van der Waals surface area contributed by atoms with E-state index in [0.29, 0.717) is 6.61 Å². The second-order valence-corrected chi connectivity index (χ2v) is 5.24. The quantitative estimate of drug-likeness (QED) is 0.716. The molecule has 1 N–H and O–H groups in total. The van der Waals surface area contributed by atoms with Crippen LogP contribution in [0.25, 0.3) is 0 Å². The van der Waals surface area contributed by atoms with Gasteiger partial charge >= 0.3 is 0 Å². The highest BCUT2D eigenvalue weighted by Crippen LogP contribution is 2.30. The average Bonchev–Trinajstić information content (AvgIpc) is 2.55. The molecule has 16 heavy (non-hydrogen) atoms. The van der Waals surface area contributed by atoms with Crippen molar-refractivity contribution in [2.45, 2.75) is 51.1 Å². The number of nitrogens with zero attached hydrogens (tertiary/aromatic N) is 2. The van der Waals surface area contributed by atoms with E-state index in [-0.39, 0.29) is 0 Å². The number of aliphatic hydroxyl groups is 1. The Balaban J connectivity index is 1.87. The fourth-order valence-electron chi connectivity index (χ4n) is 3.30. The van der Waals surface area contributed by atoms with Crippen LogP contribution in [0.15, 0.2) is 0 Å². The lowest BCUT2D eigenvalue weighted by molar-refractivity contribution is 0.177. The fourth-order valence-corrected chi connectivity index (χ4v) is 3.30. The summed E-state index contributed by atoms with van der Waals surface area (Å²) < 4.78 is 0. The normalized spacial score (nSPS) is 31.9. The lowest BCUT2D eigenvalue weighted by atomic mass is 10.1. The second kappa shape index (κ2) is 5.99. The van der Waals surface area contributed by atoms with Crippen LogP contribution in [0.3, 0.4) is 0 Å². The Morgan fingerprint density at radius 1 is 1.12 bits per heavy atom. The van der Waals surface area contributed by atoms with E-state index in [1.165, 1.54) is 45.4 Å². The zero-order valence-corrected chi connectivity index (χ0v) is 10.6. The minimum Gasteiger partial charge on any atom is -0.396 e. The Kier molecular flexibility index (Phi) is 4.62. The predicted molar refractivity (Wildman–Crippen MR) is 66.6 cm³/mol. The van der Waals surface area contributed by atoms with Gasteiger partial charge in [0.05, 0.1) is 0 Å². The minimum atomic E-state index is 0.351. The molecule has 0 aromatic carbocycles. The molecular formula is C13H26N2O. The number of rotatable bonds is 5. The first-order valence-corrected chi connectivity index (χ1v) is 6.94. The molecular weight excluding hydrogens is 200 g/mol. The third kappa shape index (κ3) is 2.76. The Morgan fingerprint density at radius 2 is 1.94 bits per heavy atom. The van der Waals surface area contributed by atoms with E-state index in [9.17, 15) is 0 Å². The topological polar surface area (TPSA) is 26.7 Å². The minimum absolute atomic E-state index is 0.351. The summed E-state index contributed by atoms with van der Waals surface area (Å²) in [5, 5.41) is 8.85. The number of unbranched alkanes of at least 4 members (excludes halogenated alkanes) is 1. The molecule has 3 heteroatoms. The summed E-state index contributed by atoms with van der Waals surface area (Å²) in [5.74, 6) is 0. The molecule has 94 valence electrons. The molecule has 2 atom stereocenters. The van der Waals surface area contributed by atoms with Gasteiger partial charge in [-0.15, -0.1) is 0 Å². The maximum absolute atomic E-state index is 8.85. The number of hydrogen-bond donors (Lipinski definition) is 1. The molecule has 2 heterocycles. The third-order valence-electron chi connectivity index (χ3n) is 4.29. The fraction of sp³-hybridized carbons (Fsp3) is 1.00. The van der Waals surface area contributed by atoms with E-state index in [2.05, 4.69) is 16.7 Å². The molecule has 0 radical (unpaired) electrons. The lowest BCUT2D eigenvalue weighted by Crippen LogP contribution is -2.39. The van der Waals surface area contributed by atoms with E-state index < -0.39 is 0 Å². The van der Waals surface area contributed by atoms with Crippen molar-refractivity contribution in [3.8, 4) is 0 Å². The van der Waals surface area contributed by atoms with E-state index in [4.69, 9.17) is 5.11 Å². The zero-order chi connectivity index (χ0) is 11.4. The highest BCUT2D eigenvalue weighted by molar-refractivity contribution is 4.92. The van der Waals surface area contributed by atoms with Crippen LogP contribution >= 0.6 is 0 Å². The largest absolute Gasteiger partial charge is 0.396 e. The van der Waals surface area contributed by atoms with Crippen LogP contribution in [-0.4, -0.2) is 59.8 Å².